The Labute approximate surface area is 98.5 Å². The fourth-order valence-corrected chi connectivity index (χ4v) is 2.02. The molecule has 1 N–H and O–H groups in total. The lowest BCUT2D eigenvalue weighted by atomic mass is 10.1. The molecule has 0 aliphatic carbocycles. The van der Waals surface area contributed by atoms with Crippen LogP contribution in [0.3, 0.4) is 0 Å². The first-order valence-corrected chi connectivity index (χ1v) is 5.56. The van der Waals surface area contributed by atoms with Crippen molar-refractivity contribution in [3.8, 4) is 0 Å². The zero-order valence-corrected chi connectivity index (χ0v) is 9.41. The van der Waals surface area contributed by atoms with Crippen molar-refractivity contribution in [2.75, 3.05) is 19.6 Å². The van der Waals surface area contributed by atoms with Crippen molar-refractivity contribution in [2.45, 2.75) is 12.8 Å². The van der Waals surface area contributed by atoms with E-state index in [1.165, 1.54) is 0 Å². The lowest BCUT2D eigenvalue weighted by Gasteiger charge is -2.15. The Kier molecular flexibility index (Phi) is 3.62. The number of likely N-dealkylation sites (tertiary alicyclic amines) is 1. The van der Waals surface area contributed by atoms with Gasteiger partial charge < -0.3 is 9.88 Å². The highest BCUT2D eigenvalue weighted by Gasteiger charge is 2.28. The molecule has 1 unspecified atom stereocenters. The van der Waals surface area contributed by atoms with Gasteiger partial charge in [0.1, 0.15) is 5.82 Å². The number of hydrogen-bond donors (Lipinski definition) is 1. The van der Waals surface area contributed by atoms with Gasteiger partial charge in [0.2, 0.25) is 5.91 Å². The second-order valence-corrected chi connectivity index (χ2v) is 4.11. The molecule has 2 heterocycles. The maximum absolute atomic E-state index is 11.7. The number of rotatable bonds is 5. The van der Waals surface area contributed by atoms with Crippen LogP contribution in [0.1, 0.15) is 12.2 Å². The Bertz CT molecular complexity index is 422. The molecule has 7 nitrogen and oxygen atoms in total. The van der Waals surface area contributed by atoms with Crippen LogP contribution in [0.4, 0.5) is 0 Å². The molecule has 1 fully saturated rings. The van der Waals surface area contributed by atoms with Crippen molar-refractivity contribution in [3.63, 3.8) is 0 Å². The topological polar surface area (TPSA) is 97.8 Å². The van der Waals surface area contributed by atoms with Crippen molar-refractivity contribution in [1.82, 2.24) is 14.9 Å². The SMILES string of the molecule is [N-]=[N+]=NCC1CC(=O)N(CCc2ncc[nH]2)C1. The predicted molar refractivity (Wildman–Crippen MR) is 61.0 cm³/mol. The minimum atomic E-state index is 0.134. The molecule has 0 saturated carbocycles. The quantitative estimate of drug-likeness (QED) is 0.469. The molecule has 1 aromatic rings. The van der Waals surface area contributed by atoms with Gasteiger partial charge in [0.05, 0.1) is 0 Å². The summed E-state index contributed by atoms with van der Waals surface area (Å²) in [5, 5.41) is 3.52. The number of carbonyl (C=O) groups excluding carboxylic acids is 1. The van der Waals surface area contributed by atoms with Crippen LogP contribution < -0.4 is 0 Å². The number of azide groups is 1. The van der Waals surface area contributed by atoms with Crippen LogP contribution in [-0.4, -0.2) is 40.4 Å². The Balaban J connectivity index is 1.81. The van der Waals surface area contributed by atoms with Crippen LogP contribution in [0.25, 0.3) is 10.4 Å². The number of aromatic amines is 1. The fourth-order valence-electron chi connectivity index (χ4n) is 2.02. The van der Waals surface area contributed by atoms with Crippen LogP contribution in [0.2, 0.25) is 0 Å². The fraction of sp³-hybridized carbons (Fsp3) is 0.600. The maximum atomic E-state index is 11.7. The molecule has 90 valence electrons. The molecule has 1 saturated heterocycles. The van der Waals surface area contributed by atoms with Crippen LogP contribution in [-0.2, 0) is 11.2 Å². The van der Waals surface area contributed by atoms with Crippen LogP contribution in [0, 0.1) is 5.92 Å². The van der Waals surface area contributed by atoms with Crippen LogP contribution in [0.5, 0.6) is 0 Å². The number of hydrogen-bond acceptors (Lipinski definition) is 3. The molecule has 1 aliphatic heterocycles. The monoisotopic (exact) mass is 234 g/mol. The van der Waals surface area contributed by atoms with E-state index in [2.05, 4.69) is 20.0 Å². The molecular formula is C10H14N6O. The minimum absolute atomic E-state index is 0.134. The van der Waals surface area contributed by atoms with Gasteiger partial charge in [0.25, 0.3) is 0 Å². The number of nitrogens with zero attached hydrogens (tertiary/aromatic N) is 5. The highest BCUT2D eigenvalue weighted by molar-refractivity contribution is 5.78. The molecule has 0 spiro atoms. The second kappa shape index (κ2) is 5.36. The van der Waals surface area contributed by atoms with E-state index in [0.717, 1.165) is 12.2 Å². The number of nitrogens with one attached hydrogen (secondary N) is 1. The van der Waals surface area contributed by atoms with Gasteiger partial charge in [-0.1, -0.05) is 5.11 Å². The molecule has 7 heteroatoms. The van der Waals surface area contributed by atoms with Gasteiger partial charge in [-0.2, -0.15) is 0 Å². The van der Waals surface area contributed by atoms with Gasteiger partial charge in [-0.05, 0) is 11.4 Å². The molecule has 1 aromatic heterocycles. The molecule has 0 bridgehead atoms. The van der Waals surface area contributed by atoms with Crippen molar-refractivity contribution in [3.05, 3.63) is 28.7 Å². The van der Waals surface area contributed by atoms with E-state index in [4.69, 9.17) is 5.53 Å². The first-order valence-electron chi connectivity index (χ1n) is 5.56. The molecule has 2 rings (SSSR count). The van der Waals surface area contributed by atoms with Gasteiger partial charge in [0.15, 0.2) is 0 Å². The molecule has 0 radical (unpaired) electrons. The Morgan fingerprint density at radius 1 is 1.71 bits per heavy atom. The van der Waals surface area contributed by atoms with E-state index in [9.17, 15) is 4.79 Å². The number of imidazole rings is 1. The van der Waals surface area contributed by atoms with Crippen molar-refractivity contribution in [2.24, 2.45) is 11.0 Å². The first kappa shape index (κ1) is 11.5. The standard InChI is InChI=1S/C10H14N6O/c11-15-14-6-8-5-10(17)16(7-8)4-1-9-12-2-3-13-9/h2-3,8H,1,4-7H2,(H,12,13). The number of H-pyrrole nitrogens is 1. The largest absolute Gasteiger partial charge is 0.349 e. The molecule has 1 aliphatic rings. The average Bonchev–Trinajstić information content (AvgIpc) is 2.93. The summed E-state index contributed by atoms with van der Waals surface area (Å²) in [5.74, 6) is 1.18. The van der Waals surface area contributed by atoms with E-state index < -0.39 is 0 Å². The zero-order valence-electron chi connectivity index (χ0n) is 9.41. The summed E-state index contributed by atoms with van der Waals surface area (Å²) < 4.78 is 0. The summed E-state index contributed by atoms with van der Waals surface area (Å²) in [6.07, 6.45) is 4.68. The van der Waals surface area contributed by atoms with Gasteiger partial charge in [-0.25, -0.2) is 4.98 Å². The zero-order chi connectivity index (χ0) is 12.1. The minimum Gasteiger partial charge on any atom is -0.349 e. The summed E-state index contributed by atoms with van der Waals surface area (Å²) >= 11 is 0. The number of aromatic nitrogens is 2. The maximum Gasteiger partial charge on any atom is 0.222 e. The Morgan fingerprint density at radius 2 is 2.59 bits per heavy atom. The highest BCUT2D eigenvalue weighted by atomic mass is 16.2. The third-order valence-corrected chi connectivity index (χ3v) is 2.87. The van der Waals surface area contributed by atoms with Crippen molar-refractivity contribution in [1.29, 1.82) is 0 Å². The van der Waals surface area contributed by atoms with Gasteiger partial charge >= 0.3 is 0 Å². The molecule has 1 atom stereocenters. The lowest BCUT2D eigenvalue weighted by molar-refractivity contribution is -0.127. The summed E-state index contributed by atoms with van der Waals surface area (Å²) in [6.45, 7) is 1.75. The molecule has 17 heavy (non-hydrogen) atoms. The molecule has 0 aromatic carbocycles. The normalized spacial score (nSPS) is 19.4. The summed E-state index contributed by atoms with van der Waals surface area (Å²) in [6, 6.07) is 0. The third kappa shape index (κ3) is 2.98. The first-order chi connectivity index (χ1) is 8.29. The van der Waals surface area contributed by atoms with Crippen molar-refractivity contribution < 1.29 is 4.79 Å². The second-order valence-electron chi connectivity index (χ2n) is 4.11. The van der Waals surface area contributed by atoms with Crippen molar-refractivity contribution >= 4 is 5.91 Å². The van der Waals surface area contributed by atoms with Gasteiger partial charge in [-0.3, -0.25) is 4.79 Å². The summed E-state index contributed by atoms with van der Waals surface area (Å²) in [7, 11) is 0. The average molecular weight is 234 g/mol. The smallest absolute Gasteiger partial charge is 0.222 e. The van der Waals surface area contributed by atoms with E-state index >= 15 is 0 Å². The van der Waals surface area contributed by atoms with E-state index in [1.54, 1.807) is 17.3 Å². The van der Waals surface area contributed by atoms with Crippen LogP contribution in [0.15, 0.2) is 17.5 Å². The van der Waals surface area contributed by atoms with Gasteiger partial charge in [-0.15, -0.1) is 0 Å². The van der Waals surface area contributed by atoms with E-state index in [0.29, 0.717) is 26.1 Å². The van der Waals surface area contributed by atoms with Crippen LogP contribution >= 0.6 is 0 Å². The molecule has 1 amide bonds. The Hall–Kier alpha value is -2.01. The number of carbonyl (C=O) groups is 1. The predicted octanol–water partition coefficient (Wildman–Crippen LogP) is 1.11. The lowest BCUT2D eigenvalue weighted by Crippen LogP contribution is -2.28. The molecular weight excluding hydrogens is 220 g/mol. The third-order valence-electron chi connectivity index (χ3n) is 2.87. The highest BCUT2D eigenvalue weighted by Crippen LogP contribution is 2.18. The summed E-state index contributed by atoms with van der Waals surface area (Å²) in [5.41, 5.74) is 8.23. The number of amides is 1. The summed E-state index contributed by atoms with van der Waals surface area (Å²) in [4.78, 5) is 23.3. The van der Waals surface area contributed by atoms with E-state index in [-0.39, 0.29) is 11.8 Å². The van der Waals surface area contributed by atoms with E-state index in [1.807, 2.05) is 0 Å². The van der Waals surface area contributed by atoms with Gasteiger partial charge in [0, 0.05) is 49.8 Å². The Morgan fingerprint density at radius 3 is 3.29 bits per heavy atom.